The van der Waals surface area contributed by atoms with Gasteiger partial charge in [-0.1, -0.05) is 49.7 Å². The Kier molecular flexibility index (Phi) is 12.9. The van der Waals surface area contributed by atoms with Gasteiger partial charge in [0, 0.05) is 0 Å². The Hall–Kier alpha value is -2.44. The maximum absolute atomic E-state index is 3.21. The molecule has 36 heavy (non-hydrogen) atoms. The van der Waals surface area contributed by atoms with Crippen molar-refractivity contribution in [3.8, 4) is 0 Å². The summed E-state index contributed by atoms with van der Waals surface area (Å²) in [5.41, 5.74) is 4.02. The fourth-order valence-corrected chi connectivity index (χ4v) is 4.79. The molecule has 0 nitrogen and oxygen atoms in total. The molecular weight excluding hydrogens is 558 g/mol. The number of hydrogen-bond acceptors (Lipinski definition) is 0. The van der Waals surface area contributed by atoms with E-state index in [1.165, 1.54) is 65.7 Å². The quantitative estimate of drug-likeness (QED) is 0.286. The van der Waals surface area contributed by atoms with Crippen LogP contribution in [0, 0.1) is 6.08 Å². The summed E-state index contributed by atoms with van der Waals surface area (Å²) in [7, 11) is 0. The van der Waals surface area contributed by atoms with E-state index >= 15 is 0 Å². The van der Waals surface area contributed by atoms with Crippen LogP contribution >= 0.6 is 0 Å². The Labute approximate surface area is 242 Å². The normalized spacial score (nSPS) is 11.2. The molecule has 5 aromatic rings. The zero-order valence-electron chi connectivity index (χ0n) is 20.3. The van der Waals surface area contributed by atoms with E-state index < -0.39 is 0 Å². The summed E-state index contributed by atoms with van der Waals surface area (Å²) in [6.45, 7) is 2.15. The summed E-state index contributed by atoms with van der Waals surface area (Å²) >= 11 is 1.46. The number of halogens is 2. The van der Waals surface area contributed by atoms with Crippen molar-refractivity contribution < 1.29 is 49.0 Å². The van der Waals surface area contributed by atoms with Crippen LogP contribution in [0.15, 0.2) is 133 Å². The molecule has 0 saturated heterocycles. The fraction of sp³-hybridized carbons (Fsp3) is 0.0909. The molecule has 1 aliphatic carbocycles. The van der Waals surface area contributed by atoms with Gasteiger partial charge >= 0.3 is 99.2 Å². The third-order valence-electron chi connectivity index (χ3n) is 5.79. The van der Waals surface area contributed by atoms with E-state index in [0.29, 0.717) is 0 Å². The molecule has 6 rings (SSSR count). The van der Waals surface area contributed by atoms with Crippen molar-refractivity contribution in [2.45, 2.75) is 19.8 Å². The second-order valence-electron chi connectivity index (χ2n) is 8.09. The predicted octanol–water partition coefficient (Wildman–Crippen LogP) is 2.61. The smallest absolute Gasteiger partial charge is 0.0771 e. The molecule has 0 heterocycles. The van der Waals surface area contributed by atoms with Crippen LogP contribution in [0.5, 0.6) is 0 Å². The molecule has 1 aliphatic rings. The molecule has 180 valence electrons. The Morgan fingerprint density at radius 3 is 1.53 bits per heavy atom. The molecule has 0 saturated carbocycles. The summed E-state index contributed by atoms with van der Waals surface area (Å²) < 4.78 is 1.42. The van der Waals surface area contributed by atoms with Gasteiger partial charge in [0.1, 0.15) is 0 Å². The van der Waals surface area contributed by atoms with Gasteiger partial charge < -0.3 is 24.8 Å². The molecule has 0 fully saturated rings. The largest absolute Gasteiger partial charge is 0.126 e. The van der Waals surface area contributed by atoms with Crippen LogP contribution in [0.4, 0.5) is 0 Å². The zero-order valence-corrected chi connectivity index (χ0v) is 24.3. The summed E-state index contributed by atoms with van der Waals surface area (Å²) in [6, 6.07) is 40.4. The number of allylic oxidation sites excluding steroid dienone is 4. The minimum Gasteiger partial charge on any atom is -0.126 e. The van der Waals surface area contributed by atoms with Crippen molar-refractivity contribution in [3.05, 3.63) is 150 Å². The van der Waals surface area contributed by atoms with Crippen LogP contribution in [-0.2, 0) is 24.2 Å². The predicted molar refractivity (Wildman–Crippen MR) is 144 cm³/mol. The van der Waals surface area contributed by atoms with Crippen molar-refractivity contribution in [3.63, 3.8) is 0 Å². The maximum Gasteiger partial charge on any atom is -0.0771 e. The van der Waals surface area contributed by atoms with Gasteiger partial charge in [-0.3, -0.25) is 6.08 Å². The average molecular weight is 587 g/mol. The number of hydrogen-bond donors (Lipinski definition) is 0. The summed E-state index contributed by atoms with van der Waals surface area (Å²) in [5, 5.41) is 5.39. The molecule has 0 radical (unpaired) electrons. The van der Waals surface area contributed by atoms with E-state index in [0.717, 1.165) is 12.8 Å². The van der Waals surface area contributed by atoms with Crippen LogP contribution in [0.1, 0.15) is 30.9 Å². The Balaban J connectivity index is 0.000000194. The van der Waals surface area contributed by atoms with E-state index in [2.05, 4.69) is 140 Å². The second-order valence-corrected chi connectivity index (χ2v) is 9.32. The minimum atomic E-state index is 0. The monoisotopic (exact) mass is 584 g/mol. The van der Waals surface area contributed by atoms with Crippen molar-refractivity contribution in [2.24, 2.45) is 0 Å². The van der Waals surface area contributed by atoms with Crippen molar-refractivity contribution in [2.75, 3.05) is 0 Å². The third-order valence-corrected chi connectivity index (χ3v) is 7.21. The molecule has 3 heteroatoms. The van der Waals surface area contributed by atoms with Crippen LogP contribution in [0.25, 0.3) is 21.5 Å². The first kappa shape index (κ1) is 29.8. The van der Waals surface area contributed by atoms with Crippen LogP contribution in [-0.4, -0.2) is 3.21 Å². The molecule has 0 unspecified atom stereocenters. The van der Waals surface area contributed by atoms with Gasteiger partial charge in [0.2, 0.25) is 0 Å². The number of rotatable bonds is 3. The van der Waals surface area contributed by atoms with E-state index in [1.807, 2.05) is 0 Å². The average Bonchev–Trinajstić information content (AvgIpc) is 3.58. The fourth-order valence-electron chi connectivity index (χ4n) is 3.97. The van der Waals surface area contributed by atoms with E-state index in [1.54, 1.807) is 0 Å². The van der Waals surface area contributed by atoms with Gasteiger partial charge in [0.05, 0.1) is 0 Å². The number of fused-ring (bicyclic) bond motifs is 3. The topological polar surface area (TPSA) is 0 Å². The van der Waals surface area contributed by atoms with Crippen LogP contribution < -0.4 is 24.8 Å². The molecule has 0 aromatic heterocycles. The molecule has 5 aromatic carbocycles. The van der Waals surface area contributed by atoms with Gasteiger partial charge in [-0.15, -0.1) is 46.2 Å². The van der Waals surface area contributed by atoms with Crippen molar-refractivity contribution in [1.82, 2.24) is 0 Å². The first-order valence-corrected chi connectivity index (χ1v) is 13.0. The molecule has 0 amide bonds. The minimum absolute atomic E-state index is 0. The van der Waals surface area contributed by atoms with E-state index in [-0.39, 0.29) is 24.8 Å². The molecule has 0 aliphatic heterocycles. The number of benzene rings is 4. The second kappa shape index (κ2) is 15.6. The zero-order chi connectivity index (χ0) is 23.6. The summed E-state index contributed by atoms with van der Waals surface area (Å²) in [4.78, 5) is 0. The third kappa shape index (κ3) is 8.04. The first-order valence-electron chi connectivity index (χ1n) is 11.7. The molecule has 0 atom stereocenters. The van der Waals surface area contributed by atoms with Gasteiger partial charge in [-0.25, -0.2) is 11.6 Å². The van der Waals surface area contributed by atoms with E-state index in [4.69, 9.17) is 0 Å². The Morgan fingerprint density at radius 2 is 1.14 bits per heavy atom. The summed E-state index contributed by atoms with van der Waals surface area (Å²) in [5.74, 6) is 0. The van der Waals surface area contributed by atoms with Crippen molar-refractivity contribution >= 4 is 24.8 Å². The molecule has 0 spiro atoms. The van der Waals surface area contributed by atoms with Gasteiger partial charge in [0.25, 0.3) is 0 Å². The van der Waals surface area contributed by atoms with Gasteiger partial charge in [-0.05, 0) is 0 Å². The van der Waals surface area contributed by atoms with E-state index in [9.17, 15) is 0 Å². The Bertz CT molecular complexity index is 1320. The van der Waals surface area contributed by atoms with Gasteiger partial charge in [0.15, 0.2) is 0 Å². The SMILES string of the molecule is CCC1=[C-]CC=C1.[Cl-].[Cl-].[Zr+2]=[C](c1ccccc1)c1ccccc1.c1ccc2c(c1)[cH-]c1ccccc12. The molecule has 0 bridgehead atoms. The molecule has 0 N–H and O–H groups in total. The maximum atomic E-state index is 3.21. The van der Waals surface area contributed by atoms with Crippen LogP contribution in [0.2, 0.25) is 0 Å². The van der Waals surface area contributed by atoms with Gasteiger partial charge in [-0.2, -0.15) is 6.08 Å². The standard InChI is InChI=1S/C13H9.C13H10.C7H9.2ClH.Zr/c1-3-7-12-10(5-1)9-11-6-2-4-8-13(11)12;1-3-7-12(8-4-1)11-13-9-5-2-6-10-13;1-2-7-5-3-4-6-7;;;/h1-9H;1-10H;3,5H,2,4H2,1H3;2*1H;/q-1;;-1;;;+2/p-2. The Morgan fingerprint density at radius 1 is 0.694 bits per heavy atom. The first-order chi connectivity index (χ1) is 16.8. The van der Waals surface area contributed by atoms with Crippen LogP contribution in [0.3, 0.4) is 0 Å². The summed E-state index contributed by atoms with van der Waals surface area (Å²) in [6.07, 6.45) is 9.65. The van der Waals surface area contributed by atoms with Crippen molar-refractivity contribution in [1.29, 1.82) is 0 Å². The molecular formula is C33H28Cl2Zr-2.